The van der Waals surface area contributed by atoms with Gasteiger partial charge in [0.1, 0.15) is 11.5 Å². The van der Waals surface area contributed by atoms with Gasteiger partial charge in [-0.1, -0.05) is 67.6 Å². The predicted molar refractivity (Wildman–Crippen MR) is 91.3 cm³/mol. The molecule has 2 nitrogen and oxygen atoms in total. The molecule has 1 saturated carbocycles. The Morgan fingerprint density at radius 3 is 1.78 bits per heavy atom. The van der Waals surface area contributed by atoms with Gasteiger partial charge < -0.3 is 10.2 Å². The van der Waals surface area contributed by atoms with Gasteiger partial charge in [-0.2, -0.15) is 0 Å². The number of hydrogen-bond donors (Lipinski definition) is 2. The van der Waals surface area contributed by atoms with E-state index >= 15 is 0 Å². The van der Waals surface area contributed by atoms with E-state index in [0.717, 1.165) is 16.7 Å². The third-order valence-electron chi connectivity index (χ3n) is 5.77. The molecule has 0 spiro atoms. The van der Waals surface area contributed by atoms with Crippen molar-refractivity contribution in [2.24, 2.45) is 11.3 Å². The molecule has 23 heavy (non-hydrogen) atoms. The van der Waals surface area contributed by atoms with Crippen LogP contribution in [0.2, 0.25) is 0 Å². The molecule has 0 radical (unpaired) electrons. The number of aliphatic hydroxyl groups is 2. The maximum absolute atomic E-state index is 10.8. The predicted octanol–water partition coefficient (Wildman–Crippen LogP) is 4.90. The van der Waals surface area contributed by atoms with Crippen LogP contribution in [-0.4, -0.2) is 10.2 Å². The molecule has 2 heteroatoms. The number of benzene rings is 2. The minimum absolute atomic E-state index is 0.134. The quantitative estimate of drug-likeness (QED) is 0.828. The van der Waals surface area contributed by atoms with Crippen LogP contribution in [-0.2, 0) is 5.41 Å². The molecule has 4 rings (SSSR count). The van der Waals surface area contributed by atoms with Crippen LogP contribution in [0.4, 0.5) is 0 Å². The maximum atomic E-state index is 10.8. The van der Waals surface area contributed by atoms with E-state index in [4.69, 9.17) is 0 Å². The van der Waals surface area contributed by atoms with Gasteiger partial charge in [0.2, 0.25) is 0 Å². The second kappa shape index (κ2) is 4.51. The Balaban J connectivity index is 2.04. The molecule has 2 aliphatic carbocycles. The molecule has 0 bridgehead atoms. The van der Waals surface area contributed by atoms with Crippen molar-refractivity contribution in [3.05, 3.63) is 95.0 Å². The lowest BCUT2D eigenvalue weighted by molar-refractivity contribution is 0.281. The van der Waals surface area contributed by atoms with Crippen LogP contribution in [0.15, 0.2) is 83.8 Å². The Hall–Kier alpha value is -2.48. The smallest absolute Gasteiger partial charge is 0.101 e. The van der Waals surface area contributed by atoms with E-state index in [2.05, 4.69) is 24.3 Å². The van der Waals surface area contributed by atoms with Crippen molar-refractivity contribution in [1.82, 2.24) is 0 Å². The van der Waals surface area contributed by atoms with Crippen molar-refractivity contribution < 1.29 is 10.2 Å². The number of hydrogen-bond acceptors (Lipinski definition) is 2. The summed E-state index contributed by atoms with van der Waals surface area (Å²) < 4.78 is 0. The van der Waals surface area contributed by atoms with Gasteiger partial charge in [0.15, 0.2) is 0 Å². The SMILES string of the molecule is CC1=C(O)[C@H]2C(c3ccccc3)(c3ccccc3)[C@@]2(C)C(O)=C1. The average molecular weight is 304 g/mol. The first-order chi connectivity index (χ1) is 11.0. The Morgan fingerprint density at radius 2 is 1.30 bits per heavy atom. The Kier molecular flexibility index (Phi) is 2.77. The van der Waals surface area contributed by atoms with Crippen LogP contribution in [0.5, 0.6) is 0 Å². The first kappa shape index (κ1) is 14.1. The molecule has 0 saturated heterocycles. The standard InChI is InChI=1S/C21H20O2/c1-14-13-17(22)20(2)19(18(14)23)21(20,15-9-5-3-6-10-15)16-11-7-4-8-12-16/h3-13,19,22-23H,1-2H3/t19-,20+/m1/s1. The zero-order chi connectivity index (χ0) is 16.2. The van der Waals surface area contributed by atoms with Crippen LogP contribution in [0, 0.1) is 11.3 Å². The Labute approximate surface area is 136 Å². The van der Waals surface area contributed by atoms with Gasteiger partial charge in [-0.25, -0.2) is 0 Å². The molecule has 0 heterocycles. The van der Waals surface area contributed by atoms with E-state index in [1.54, 1.807) is 6.08 Å². The van der Waals surface area contributed by atoms with E-state index in [9.17, 15) is 10.2 Å². The summed E-state index contributed by atoms with van der Waals surface area (Å²) in [5.41, 5.74) is 2.05. The van der Waals surface area contributed by atoms with Crippen LogP contribution in [0.3, 0.4) is 0 Å². The number of aliphatic hydroxyl groups excluding tert-OH is 2. The Morgan fingerprint density at radius 1 is 0.826 bits per heavy atom. The highest BCUT2D eigenvalue weighted by Crippen LogP contribution is 2.78. The van der Waals surface area contributed by atoms with Crippen molar-refractivity contribution in [3.63, 3.8) is 0 Å². The third kappa shape index (κ3) is 1.53. The van der Waals surface area contributed by atoms with E-state index in [0.29, 0.717) is 11.5 Å². The lowest BCUT2D eigenvalue weighted by Gasteiger charge is -2.23. The summed E-state index contributed by atoms with van der Waals surface area (Å²) in [7, 11) is 0. The molecule has 2 aromatic carbocycles. The molecule has 0 amide bonds. The highest BCUT2D eigenvalue weighted by molar-refractivity contribution is 5.62. The normalized spacial score (nSPS) is 28.1. The molecule has 2 aromatic rings. The highest BCUT2D eigenvalue weighted by Gasteiger charge is 2.79. The van der Waals surface area contributed by atoms with Crippen molar-refractivity contribution in [2.45, 2.75) is 19.3 Å². The second-order valence-corrected chi connectivity index (χ2v) is 6.77. The molecule has 2 N–H and O–H groups in total. The lowest BCUT2D eigenvalue weighted by atomic mass is 9.80. The van der Waals surface area contributed by atoms with Crippen molar-refractivity contribution in [2.75, 3.05) is 0 Å². The van der Waals surface area contributed by atoms with Gasteiger partial charge in [0.05, 0.1) is 5.41 Å². The molecule has 0 aromatic heterocycles. The lowest BCUT2D eigenvalue weighted by Crippen LogP contribution is -2.20. The van der Waals surface area contributed by atoms with Gasteiger partial charge >= 0.3 is 0 Å². The fourth-order valence-electron chi connectivity index (χ4n) is 4.61. The van der Waals surface area contributed by atoms with E-state index in [1.165, 1.54) is 0 Å². The topological polar surface area (TPSA) is 40.5 Å². The van der Waals surface area contributed by atoms with E-state index < -0.39 is 10.8 Å². The summed E-state index contributed by atoms with van der Waals surface area (Å²) in [6.07, 6.45) is 1.71. The summed E-state index contributed by atoms with van der Waals surface area (Å²) in [6.45, 7) is 3.90. The van der Waals surface area contributed by atoms with Crippen LogP contribution >= 0.6 is 0 Å². The molecule has 0 unspecified atom stereocenters. The van der Waals surface area contributed by atoms with Crippen molar-refractivity contribution >= 4 is 0 Å². The van der Waals surface area contributed by atoms with Crippen LogP contribution < -0.4 is 0 Å². The third-order valence-corrected chi connectivity index (χ3v) is 5.77. The summed E-state index contributed by atoms with van der Waals surface area (Å²) in [4.78, 5) is 0. The molecular formula is C21H20O2. The van der Waals surface area contributed by atoms with Crippen molar-refractivity contribution in [3.8, 4) is 0 Å². The second-order valence-electron chi connectivity index (χ2n) is 6.77. The molecule has 0 aliphatic heterocycles. The summed E-state index contributed by atoms with van der Waals surface area (Å²) in [5, 5.41) is 21.5. The molecular weight excluding hydrogens is 284 g/mol. The minimum Gasteiger partial charge on any atom is -0.512 e. The Bertz CT molecular complexity index is 778. The first-order valence-corrected chi connectivity index (χ1v) is 7.96. The molecule has 116 valence electrons. The fourth-order valence-corrected chi connectivity index (χ4v) is 4.61. The maximum Gasteiger partial charge on any atom is 0.101 e. The van der Waals surface area contributed by atoms with Crippen molar-refractivity contribution in [1.29, 1.82) is 0 Å². The van der Waals surface area contributed by atoms with E-state index in [-0.39, 0.29) is 5.92 Å². The number of fused-ring (bicyclic) bond motifs is 1. The minimum atomic E-state index is -0.515. The van der Waals surface area contributed by atoms with Gasteiger partial charge in [0, 0.05) is 11.3 Å². The van der Waals surface area contributed by atoms with E-state index in [1.807, 2.05) is 50.2 Å². The number of rotatable bonds is 2. The average Bonchev–Trinajstić information content (AvgIpc) is 3.18. The summed E-state index contributed by atoms with van der Waals surface area (Å²) in [5.74, 6) is 0.605. The fraction of sp³-hybridized carbons (Fsp3) is 0.238. The largest absolute Gasteiger partial charge is 0.512 e. The first-order valence-electron chi connectivity index (χ1n) is 7.96. The van der Waals surface area contributed by atoms with Crippen LogP contribution in [0.1, 0.15) is 25.0 Å². The molecule has 2 aliphatic rings. The molecule has 2 atom stereocenters. The van der Waals surface area contributed by atoms with Gasteiger partial charge in [-0.05, 0) is 29.7 Å². The van der Waals surface area contributed by atoms with Gasteiger partial charge in [-0.15, -0.1) is 0 Å². The highest BCUT2D eigenvalue weighted by atomic mass is 16.3. The molecule has 1 fully saturated rings. The summed E-state index contributed by atoms with van der Waals surface area (Å²) in [6, 6.07) is 20.4. The summed E-state index contributed by atoms with van der Waals surface area (Å²) >= 11 is 0. The monoisotopic (exact) mass is 304 g/mol. The van der Waals surface area contributed by atoms with Crippen LogP contribution in [0.25, 0.3) is 0 Å². The van der Waals surface area contributed by atoms with Gasteiger partial charge in [-0.3, -0.25) is 0 Å². The zero-order valence-electron chi connectivity index (χ0n) is 13.3. The number of allylic oxidation sites excluding steroid dienone is 4. The van der Waals surface area contributed by atoms with Gasteiger partial charge in [0.25, 0.3) is 0 Å². The zero-order valence-corrected chi connectivity index (χ0v) is 13.3.